The molecule has 1 aromatic rings. The quantitative estimate of drug-likeness (QED) is 0.794. The molecule has 1 unspecified atom stereocenters. The van der Waals surface area contributed by atoms with Crippen molar-refractivity contribution < 1.29 is 4.79 Å². The van der Waals surface area contributed by atoms with Crippen LogP contribution in [0.15, 0.2) is 12.3 Å². The van der Waals surface area contributed by atoms with Crippen molar-refractivity contribution in [3.8, 4) is 0 Å². The third-order valence-electron chi connectivity index (χ3n) is 4.18. The molecule has 1 aliphatic heterocycles. The van der Waals surface area contributed by atoms with Gasteiger partial charge in [-0.15, -0.1) is 0 Å². The van der Waals surface area contributed by atoms with Gasteiger partial charge in [-0.05, 0) is 37.8 Å². The molecule has 92 valence electrons. The van der Waals surface area contributed by atoms with Gasteiger partial charge in [-0.3, -0.25) is 9.48 Å². The molecule has 17 heavy (non-hydrogen) atoms. The van der Waals surface area contributed by atoms with Crippen LogP contribution in [0.3, 0.4) is 0 Å². The van der Waals surface area contributed by atoms with E-state index in [9.17, 15) is 4.79 Å². The second-order valence-corrected chi connectivity index (χ2v) is 5.20. The molecule has 0 aromatic carbocycles. The van der Waals surface area contributed by atoms with Crippen molar-refractivity contribution in [2.75, 3.05) is 18.4 Å². The van der Waals surface area contributed by atoms with Crippen LogP contribution in [0.1, 0.15) is 19.3 Å². The molecule has 1 saturated carbocycles. The van der Waals surface area contributed by atoms with Crippen molar-refractivity contribution in [2.45, 2.75) is 19.3 Å². The fourth-order valence-electron chi connectivity index (χ4n) is 2.91. The predicted octanol–water partition coefficient (Wildman–Crippen LogP) is 0.748. The number of rotatable bonds is 2. The molecule has 2 aliphatic rings. The number of carbonyl (C=O) groups is 1. The second-order valence-electron chi connectivity index (χ2n) is 5.20. The van der Waals surface area contributed by atoms with E-state index in [1.54, 1.807) is 10.9 Å². The van der Waals surface area contributed by atoms with Gasteiger partial charge in [-0.1, -0.05) is 0 Å². The molecule has 0 bridgehead atoms. The number of hydrogen-bond donors (Lipinski definition) is 2. The van der Waals surface area contributed by atoms with E-state index in [1.165, 1.54) is 0 Å². The summed E-state index contributed by atoms with van der Waals surface area (Å²) in [6.07, 6.45) is 5.02. The van der Waals surface area contributed by atoms with Crippen LogP contribution in [0.5, 0.6) is 0 Å². The molecule has 3 rings (SSSR count). The molecule has 1 aliphatic carbocycles. The van der Waals surface area contributed by atoms with Crippen LogP contribution in [-0.2, 0) is 11.8 Å². The van der Waals surface area contributed by atoms with Gasteiger partial charge in [0.15, 0.2) is 0 Å². The number of hydrogen-bond acceptors (Lipinski definition) is 3. The number of anilines is 1. The van der Waals surface area contributed by atoms with Gasteiger partial charge >= 0.3 is 0 Å². The van der Waals surface area contributed by atoms with E-state index in [2.05, 4.69) is 15.7 Å². The van der Waals surface area contributed by atoms with Crippen LogP contribution in [0, 0.1) is 11.3 Å². The summed E-state index contributed by atoms with van der Waals surface area (Å²) in [5, 5.41) is 10.4. The molecular weight excluding hydrogens is 216 g/mol. The first-order valence-electron chi connectivity index (χ1n) is 6.21. The number of aromatic nitrogens is 2. The number of aryl methyl sites for hydroxylation is 1. The Bertz CT molecular complexity index is 433. The minimum Gasteiger partial charge on any atom is -0.317 e. The summed E-state index contributed by atoms with van der Waals surface area (Å²) in [5.74, 6) is 1.15. The Balaban J connectivity index is 1.63. The lowest BCUT2D eigenvalue weighted by atomic mass is 9.92. The predicted molar refractivity (Wildman–Crippen MR) is 64.5 cm³/mol. The molecular formula is C12H18N4O. The number of nitrogens with zero attached hydrogens (tertiary/aromatic N) is 2. The van der Waals surface area contributed by atoms with Crippen molar-refractivity contribution >= 4 is 11.7 Å². The van der Waals surface area contributed by atoms with E-state index in [4.69, 9.17) is 0 Å². The van der Waals surface area contributed by atoms with Crippen LogP contribution in [0.25, 0.3) is 0 Å². The van der Waals surface area contributed by atoms with E-state index in [-0.39, 0.29) is 11.8 Å². The van der Waals surface area contributed by atoms with Crippen molar-refractivity contribution in [3.05, 3.63) is 12.3 Å². The monoisotopic (exact) mass is 234 g/mol. The second kappa shape index (κ2) is 3.84. The van der Waals surface area contributed by atoms with E-state index >= 15 is 0 Å². The summed E-state index contributed by atoms with van der Waals surface area (Å²) >= 11 is 0. The van der Waals surface area contributed by atoms with Crippen LogP contribution in [0.2, 0.25) is 0 Å². The minimum atomic E-state index is 0.163. The zero-order valence-electron chi connectivity index (χ0n) is 10.1. The highest BCUT2D eigenvalue weighted by Gasteiger charge is 2.57. The summed E-state index contributed by atoms with van der Waals surface area (Å²) in [6, 6.07) is 1.83. The van der Waals surface area contributed by atoms with Crippen molar-refractivity contribution in [2.24, 2.45) is 18.4 Å². The Morgan fingerprint density at radius 1 is 1.59 bits per heavy atom. The first-order chi connectivity index (χ1) is 8.21. The van der Waals surface area contributed by atoms with Gasteiger partial charge in [0.2, 0.25) is 5.91 Å². The first-order valence-corrected chi connectivity index (χ1v) is 6.21. The molecule has 2 heterocycles. The Kier molecular flexibility index (Phi) is 2.43. The normalized spacial score (nSPS) is 25.8. The van der Waals surface area contributed by atoms with Gasteiger partial charge in [0, 0.05) is 19.0 Å². The Hall–Kier alpha value is -1.36. The van der Waals surface area contributed by atoms with Gasteiger partial charge in [-0.2, -0.15) is 5.10 Å². The molecule has 1 spiro atoms. The van der Waals surface area contributed by atoms with Crippen LogP contribution >= 0.6 is 0 Å². The fraction of sp³-hybridized carbons (Fsp3) is 0.667. The molecule has 1 atom stereocenters. The summed E-state index contributed by atoms with van der Waals surface area (Å²) in [5.41, 5.74) is 0.300. The zero-order chi connectivity index (χ0) is 11.9. The van der Waals surface area contributed by atoms with Crippen LogP contribution in [-0.4, -0.2) is 28.8 Å². The van der Waals surface area contributed by atoms with Crippen molar-refractivity contribution in [1.29, 1.82) is 0 Å². The lowest BCUT2D eigenvalue weighted by Crippen LogP contribution is -2.31. The Morgan fingerprint density at radius 3 is 3.00 bits per heavy atom. The minimum absolute atomic E-state index is 0.163. The molecule has 2 fully saturated rings. The lowest BCUT2D eigenvalue weighted by Gasteiger charge is -2.23. The maximum atomic E-state index is 12.1. The largest absolute Gasteiger partial charge is 0.317 e. The molecule has 0 radical (unpaired) electrons. The van der Waals surface area contributed by atoms with Gasteiger partial charge in [0.25, 0.3) is 0 Å². The maximum absolute atomic E-state index is 12.1. The highest BCUT2D eigenvalue weighted by molar-refractivity contribution is 5.94. The molecule has 1 amide bonds. The third-order valence-corrected chi connectivity index (χ3v) is 4.18. The topological polar surface area (TPSA) is 59.0 Å². The SMILES string of the molecule is Cn1nccc1NC(=O)C1CC12CCNCC2. The average molecular weight is 234 g/mol. The number of piperidine rings is 1. The van der Waals surface area contributed by atoms with Crippen LogP contribution in [0.4, 0.5) is 5.82 Å². The fourth-order valence-corrected chi connectivity index (χ4v) is 2.91. The standard InChI is InChI=1S/C12H18N4O/c1-16-10(2-5-14-16)15-11(17)9-8-12(9)3-6-13-7-4-12/h2,5,9,13H,3-4,6-8H2,1H3,(H,15,17). The van der Waals surface area contributed by atoms with Crippen molar-refractivity contribution in [3.63, 3.8) is 0 Å². The summed E-state index contributed by atoms with van der Waals surface area (Å²) in [7, 11) is 1.84. The zero-order valence-corrected chi connectivity index (χ0v) is 10.1. The van der Waals surface area contributed by atoms with Gasteiger partial charge in [0.05, 0.1) is 6.20 Å². The van der Waals surface area contributed by atoms with Gasteiger partial charge in [0.1, 0.15) is 5.82 Å². The molecule has 1 saturated heterocycles. The molecule has 5 nitrogen and oxygen atoms in total. The van der Waals surface area contributed by atoms with E-state index in [0.717, 1.165) is 38.2 Å². The first kappa shape index (κ1) is 10.8. The molecule has 5 heteroatoms. The smallest absolute Gasteiger partial charge is 0.229 e. The van der Waals surface area contributed by atoms with Gasteiger partial charge < -0.3 is 10.6 Å². The van der Waals surface area contributed by atoms with E-state index < -0.39 is 0 Å². The highest BCUT2D eigenvalue weighted by Crippen LogP contribution is 2.58. The highest BCUT2D eigenvalue weighted by atomic mass is 16.2. The molecule has 1 aromatic heterocycles. The summed E-state index contributed by atoms with van der Waals surface area (Å²) in [6.45, 7) is 2.10. The Labute approximate surface area is 101 Å². The average Bonchev–Trinajstić information content (AvgIpc) is 2.87. The van der Waals surface area contributed by atoms with E-state index in [1.807, 2.05) is 13.1 Å². The van der Waals surface area contributed by atoms with Crippen LogP contribution < -0.4 is 10.6 Å². The lowest BCUT2D eigenvalue weighted by molar-refractivity contribution is -0.118. The van der Waals surface area contributed by atoms with E-state index in [0.29, 0.717) is 5.41 Å². The number of nitrogens with one attached hydrogen (secondary N) is 2. The summed E-state index contributed by atoms with van der Waals surface area (Å²) in [4.78, 5) is 12.1. The Morgan fingerprint density at radius 2 is 2.35 bits per heavy atom. The number of amides is 1. The number of carbonyl (C=O) groups excluding carboxylic acids is 1. The summed E-state index contributed by atoms with van der Waals surface area (Å²) < 4.78 is 1.69. The third kappa shape index (κ3) is 1.84. The van der Waals surface area contributed by atoms with Gasteiger partial charge in [-0.25, -0.2) is 0 Å². The maximum Gasteiger partial charge on any atom is 0.229 e. The molecule has 2 N–H and O–H groups in total. The van der Waals surface area contributed by atoms with Crippen molar-refractivity contribution in [1.82, 2.24) is 15.1 Å².